The second-order valence-electron chi connectivity index (χ2n) is 5.06. The van der Waals surface area contributed by atoms with Gasteiger partial charge in [0.25, 0.3) is 0 Å². The van der Waals surface area contributed by atoms with Crippen LogP contribution >= 0.6 is 11.3 Å². The molecule has 1 aromatic carbocycles. The summed E-state index contributed by atoms with van der Waals surface area (Å²) in [4.78, 5) is 5.46. The van der Waals surface area contributed by atoms with Crippen LogP contribution in [0, 0.1) is 0 Å². The van der Waals surface area contributed by atoms with E-state index in [1.807, 2.05) is 23.6 Å². The lowest BCUT2D eigenvalue weighted by molar-refractivity contribution is 0.413. The molecule has 0 aliphatic heterocycles. The van der Waals surface area contributed by atoms with E-state index >= 15 is 0 Å². The molecule has 0 bridgehead atoms. The lowest BCUT2D eigenvalue weighted by atomic mass is 10.2. The Kier molecular flexibility index (Phi) is 4.94. The summed E-state index contributed by atoms with van der Waals surface area (Å²) in [6.45, 7) is 0.172. The molecule has 0 atom stereocenters. The fraction of sp³-hybridized carbons (Fsp3) is 0.118. The Hall–Kier alpha value is -2.22. The average molecular weight is 360 g/mol. The first-order valence-corrected chi connectivity index (χ1v) is 9.56. The van der Waals surface area contributed by atoms with E-state index in [4.69, 9.17) is 4.74 Å². The molecule has 3 rings (SSSR count). The summed E-state index contributed by atoms with van der Waals surface area (Å²) >= 11 is 1.62. The molecule has 0 saturated heterocycles. The monoisotopic (exact) mass is 360 g/mol. The smallest absolute Gasteiger partial charge is 0.241 e. The van der Waals surface area contributed by atoms with Crippen LogP contribution in [-0.4, -0.2) is 20.5 Å². The van der Waals surface area contributed by atoms with Crippen LogP contribution in [-0.2, 0) is 16.6 Å². The van der Waals surface area contributed by atoms with Gasteiger partial charge < -0.3 is 4.74 Å². The summed E-state index contributed by atoms with van der Waals surface area (Å²) in [6.07, 6.45) is 3.43. The molecular weight excluding hydrogens is 344 g/mol. The van der Waals surface area contributed by atoms with Gasteiger partial charge in [0.1, 0.15) is 5.75 Å². The van der Waals surface area contributed by atoms with E-state index in [1.54, 1.807) is 35.9 Å². The molecule has 0 aliphatic carbocycles. The van der Waals surface area contributed by atoms with Crippen molar-refractivity contribution in [1.82, 2.24) is 9.71 Å². The van der Waals surface area contributed by atoms with E-state index < -0.39 is 10.0 Å². The minimum Gasteiger partial charge on any atom is -0.497 e. The van der Waals surface area contributed by atoms with Crippen molar-refractivity contribution in [1.29, 1.82) is 0 Å². The number of nitrogens with zero attached hydrogens (tertiary/aromatic N) is 1. The first kappa shape index (κ1) is 16.6. The lowest BCUT2D eigenvalue weighted by Crippen LogP contribution is -2.23. The van der Waals surface area contributed by atoms with Gasteiger partial charge in [-0.15, -0.1) is 11.3 Å². The molecule has 0 aliphatic rings. The molecule has 0 unspecified atom stereocenters. The zero-order chi connectivity index (χ0) is 17.0. The van der Waals surface area contributed by atoms with Crippen molar-refractivity contribution in [3.8, 4) is 16.2 Å². The van der Waals surface area contributed by atoms with Crippen molar-refractivity contribution in [3.05, 3.63) is 65.8 Å². The van der Waals surface area contributed by atoms with E-state index in [1.165, 1.54) is 19.2 Å². The van der Waals surface area contributed by atoms with Crippen LogP contribution in [0.25, 0.3) is 10.4 Å². The predicted octanol–water partition coefficient (Wildman–Crippen LogP) is 3.30. The van der Waals surface area contributed by atoms with Crippen molar-refractivity contribution in [2.24, 2.45) is 0 Å². The highest BCUT2D eigenvalue weighted by Gasteiger charge is 2.14. The Morgan fingerprint density at radius 1 is 1.17 bits per heavy atom. The topological polar surface area (TPSA) is 68.3 Å². The van der Waals surface area contributed by atoms with Gasteiger partial charge in [0.2, 0.25) is 10.0 Å². The molecule has 0 amide bonds. The van der Waals surface area contributed by atoms with Crippen molar-refractivity contribution in [2.45, 2.75) is 11.4 Å². The van der Waals surface area contributed by atoms with Gasteiger partial charge in [0.15, 0.2) is 0 Å². The fourth-order valence-corrected chi connectivity index (χ4v) is 3.95. The van der Waals surface area contributed by atoms with Gasteiger partial charge in [-0.25, -0.2) is 13.1 Å². The Morgan fingerprint density at radius 2 is 2.04 bits per heavy atom. The van der Waals surface area contributed by atoms with Gasteiger partial charge in [-0.1, -0.05) is 12.1 Å². The summed E-state index contributed by atoms with van der Waals surface area (Å²) in [7, 11) is -2.11. The first-order valence-electron chi connectivity index (χ1n) is 7.20. The average Bonchev–Trinajstić information content (AvgIpc) is 3.15. The number of methoxy groups -OCH3 is 1. The summed E-state index contributed by atoms with van der Waals surface area (Å²) in [5.74, 6) is 0.499. The van der Waals surface area contributed by atoms with E-state index in [0.717, 1.165) is 16.0 Å². The number of rotatable bonds is 6. The zero-order valence-electron chi connectivity index (χ0n) is 13.0. The maximum Gasteiger partial charge on any atom is 0.241 e. The molecule has 0 spiro atoms. The minimum absolute atomic E-state index is 0.171. The van der Waals surface area contributed by atoms with Crippen LogP contribution in [0.15, 0.2) is 65.1 Å². The molecule has 2 heterocycles. The predicted molar refractivity (Wildman–Crippen MR) is 94.6 cm³/mol. The van der Waals surface area contributed by atoms with Gasteiger partial charge in [-0.05, 0) is 35.2 Å². The van der Waals surface area contributed by atoms with Crippen LogP contribution in [0.4, 0.5) is 0 Å². The van der Waals surface area contributed by atoms with Gasteiger partial charge in [-0.3, -0.25) is 4.98 Å². The van der Waals surface area contributed by atoms with E-state index in [-0.39, 0.29) is 11.4 Å². The molecule has 0 saturated carbocycles. The van der Waals surface area contributed by atoms with E-state index in [2.05, 4.69) is 9.71 Å². The first-order chi connectivity index (χ1) is 11.6. The maximum atomic E-state index is 12.4. The van der Waals surface area contributed by atoms with Gasteiger partial charge in [-0.2, -0.15) is 0 Å². The third-order valence-corrected chi connectivity index (χ3v) is 5.74. The minimum atomic E-state index is -3.61. The van der Waals surface area contributed by atoms with Crippen LogP contribution in [0.3, 0.4) is 0 Å². The van der Waals surface area contributed by atoms with Gasteiger partial charge >= 0.3 is 0 Å². The molecule has 0 radical (unpaired) electrons. The Labute approximate surface area is 145 Å². The molecule has 3 aromatic rings. The Balaban J connectivity index is 1.76. The molecule has 5 nitrogen and oxygen atoms in total. The van der Waals surface area contributed by atoms with Crippen LogP contribution in [0.2, 0.25) is 0 Å². The molecule has 24 heavy (non-hydrogen) atoms. The van der Waals surface area contributed by atoms with Crippen LogP contribution in [0.1, 0.15) is 5.56 Å². The van der Waals surface area contributed by atoms with Gasteiger partial charge in [0.05, 0.1) is 12.0 Å². The fourth-order valence-electron chi connectivity index (χ4n) is 2.19. The Bertz CT molecular complexity index is 923. The Morgan fingerprint density at radius 3 is 2.79 bits per heavy atom. The van der Waals surface area contributed by atoms with Crippen molar-refractivity contribution in [2.75, 3.05) is 7.11 Å². The highest BCUT2D eigenvalue weighted by molar-refractivity contribution is 7.89. The standard InChI is InChI=1S/C17H16N2O3S2/c1-22-15-4-2-5-16(9-15)24(20,21)19-11-13-8-14(12-18-10-13)17-6-3-7-23-17/h2-10,12,19H,11H2,1H3. The number of ether oxygens (including phenoxy) is 1. The quantitative estimate of drug-likeness (QED) is 0.732. The van der Waals surface area contributed by atoms with Crippen molar-refractivity contribution >= 4 is 21.4 Å². The molecule has 2 aromatic heterocycles. The number of hydrogen-bond acceptors (Lipinski definition) is 5. The lowest BCUT2D eigenvalue weighted by Gasteiger charge is -2.09. The number of aromatic nitrogens is 1. The number of thiophene rings is 1. The van der Waals surface area contributed by atoms with Gasteiger partial charge in [0, 0.05) is 35.4 Å². The molecule has 124 valence electrons. The number of nitrogens with one attached hydrogen (secondary N) is 1. The van der Waals surface area contributed by atoms with Crippen LogP contribution in [0.5, 0.6) is 5.75 Å². The van der Waals surface area contributed by atoms with Crippen molar-refractivity contribution in [3.63, 3.8) is 0 Å². The molecule has 7 heteroatoms. The number of pyridine rings is 1. The number of sulfonamides is 1. The third-order valence-electron chi connectivity index (χ3n) is 3.42. The molecular formula is C17H16N2O3S2. The normalized spacial score (nSPS) is 11.4. The highest BCUT2D eigenvalue weighted by Crippen LogP contribution is 2.24. The second kappa shape index (κ2) is 7.12. The summed E-state index contributed by atoms with van der Waals surface area (Å²) in [6, 6.07) is 12.3. The number of hydrogen-bond donors (Lipinski definition) is 1. The van der Waals surface area contributed by atoms with E-state index in [9.17, 15) is 8.42 Å². The van der Waals surface area contributed by atoms with Crippen LogP contribution < -0.4 is 9.46 Å². The third kappa shape index (κ3) is 3.81. The largest absolute Gasteiger partial charge is 0.497 e. The molecule has 1 N–H and O–H groups in total. The summed E-state index contributed by atoms with van der Waals surface area (Å²) < 4.78 is 32.5. The summed E-state index contributed by atoms with van der Waals surface area (Å²) in [5.41, 5.74) is 1.77. The highest BCUT2D eigenvalue weighted by atomic mass is 32.2. The van der Waals surface area contributed by atoms with E-state index in [0.29, 0.717) is 5.75 Å². The number of benzene rings is 1. The van der Waals surface area contributed by atoms with Crippen molar-refractivity contribution < 1.29 is 13.2 Å². The zero-order valence-corrected chi connectivity index (χ0v) is 14.6. The maximum absolute atomic E-state index is 12.4. The molecule has 0 fully saturated rings. The summed E-state index contributed by atoms with van der Waals surface area (Å²) in [5, 5.41) is 1.99. The SMILES string of the molecule is COc1cccc(S(=O)(=O)NCc2cncc(-c3cccs3)c2)c1. The second-order valence-corrected chi connectivity index (χ2v) is 7.78.